The number of amides is 1. The van der Waals surface area contributed by atoms with Crippen LogP contribution in [-0.4, -0.2) is 29.4 Å². The topological polar surface area (TPSA) is 33.2 Å². The average molecular weight is 212 g/mol. The van der Waals surface area contributed by atoms with E-state index in [1.54, 1.807) is 10.4 Å². The van der Waals surface area contributed by atoms with E-state index in [4.69, 9.17) is 0 Å². The van der Waals surface area contributed by atoms with E-state index in [-0.39, 0.29) is 5.91 Å². The fraction of sp³-hybridized carbons (Fsp3) is 0.600. The lowest BCUT2D eigenvalue weighted by molar-refractivity contribution is 0.0797. The Morgan fingerprint density at radius 1 is 1.64 bits per heavy atom. The van der Waals surface area contributed by atoms with Gasteiger partial charge in [0.2, 0.25) is 0 Å². The van der Waals surface area contributed by atoms with Crippen molar-refractivity contribution in [3.63, 3.8) is 0 Å². The first-order valence-electron chi connectivity index (χ1n) is 4.82. The summed E-state index contributed by atoms with van der Waals surface area (Å²) in [7, 11) is 1.84. The van der Waals surface area contributed by atoms with Crippen LogP contribution in [0.2, 0.25) is 0 Å². The summed E-state index contributed by atoms with van der Waals surface area (Å²) in [5.74, 6) is 0.0958. The molecule has 1 aromatic heterocycles. The van der Waals surface area contributed by atoms with E-state index >= 15 is 0 Å². The second kappa shape index (κ2) is 5.10. The van der Waals surface area contributed by atoms with Crippen LogP contribution < -0.4 is 0 Å². The summed E-state index contributed by atoms with van der Waals surface area (Å²) >= 11 is 1.42. The van der Waals surface area contributed by atoms with Gasteiger partial charge in [0.1, 0.15) is 4.88 Å². The van der Waals surface area contributed by atoms with Crippen molar-refractivity contribution in [1.82, 2.24) is 9.88 Å². The molecule has 14 heavy (non-hydrogen) atoms. The highest BCUT2D eigenvalue weighted by atomic mass is 32.1. The van der Waals surface area contributed by atoms with Crippen LogP contribution >= 0.6 is 11.3 Å². The molecule has 1 amide bonds. The molecule has 4 heteroatoms. The van der Waals surface area contributed by atoms with Gasteiger partial charge in [-0.2, -0.15) is 0 Å². The highest BCUT2D eigenvalue weighted by Gasteiger charge is 2.15. The summed E-state index contributed by atoms with van der Waals surface area (Å²) in [6, 6.07) is 0. The Balaban J connectivity index is 2.61. The Kier molecular flexibility index (Phi) is 4.07. The van der Waals surface area contributed by atoms with Gasteiger partial charge >= 0.3 is 0 Å². The van der Waals surface area contributed by atoms with Crippen LogP contribution in [0.3, 0.4) is 0 Å². The van der Waals surface area contributed by atoms with Crippen LogP contribution in [0.1, 0.15) is 35.1 Å². The van der Waals surface area contributed by atoms with Crippen molar-refractivity contribution in [2.24, 2.45) is 0 Å². The van der Waals surface area contributed by atoms with Gasteiger partial charge in [0.25, 0.3) is 5.91 Å². The van der Waals surface area contributed by atoms with Gasteiger partial charge in [0, 0.05) is 13.6 Å². The fourth-order valence-corrected chi connectivity index (χ4v) is 1.97. The number of thiazole rings is 1. The standard InChI is InChI=1S/C10H16N2OS/c1-4-5-6-12(3)10(13)9-8(2)11-7-14-9/h7H,4-6H2,1-3H3. The van der Waals surface area contributed by atoms with Gasteiger partial charge in [-0.1, -0.05) is 13.3 Å². The van der Waals surface area contributed by atoms with E-state index in [0.717, 1.165) is 30.0 Å². The molecular weight excluding hydrogens is 196 g/mol. The molecule has 1 rings (SSSR count). The molecule has 0 radical (unpaired) electrons. The second-order valence-corrected chi connectivity index (χ2v) is 4.20. The summed E-state index contributed by atoms with van der Waals surface area (Å²) in [5, 5.41) is 0. The molecular formula is C10H16N2OS. The Labute approximate surface area is 88.8 Å². The van der Waals surface area contributed by atoms with Crippen molar-refractivity contribution in [2.45, 2.75) is 26.7 Å². The summed E-state index contributed by atoms with van der Waals surface area (Å²) in [6.07, 6.45) is 2.17. The highest BCUT2D eigenvalue weighted by Crippen LogP contribution is 2.14. The van der Waals surface area contributed by atoms with Crippen LogP contribution in [0.15, 0.2) is 5.51 Å². The van der Waals surface area contributed by atoms with Crippen molar-refractivity contribution in [2.75, 3.05) is 13.6 Å². The molecule has 0 unspecified atom stereocenters. The summed E-state index contributed by atoms with van der Waals surface area (Å²) in [5.41, 5.74) is 2.55. The van der Waals surface area contributed by atoms with Crippen LogP contribution in [0.25, 0.3) is 0 Å². The molecule has 0 aliphatic heterocycles. The molecule has 0 spiro atoms. The maximum atomic E-state index is 11.8. The number of aryl methyl sites for hydroxylation is 1. The molecule has 0 fully saturated rings. The number of carbonyl (C=O) groups excluding carboxylic acids is 1. The predicted molar refractivity (Wildman–Crippen MR) is 58.7 cm³/mol. The average Bonchev–Trinajstić information content (AvgIpc) is 2.59. The maximum Gasteiger partial charge on any atom is 0.265 e. The van der Waals surface area contributed by atoms with E-state index in [1.165, 1.54) is 11.3 Å². The third kappa shape index (κ3) is 2.54. The zero-order chi connectivity index (χ0) is 10.6. The van der Waals surface area contributed by atoms with Gasteiger partial charge in [-0.15, -0.1) is 11.3 Å². The van der Waals surface area contributed by atoms with Crippen LogP contribution in [0.5, 0.6) is 0 Å². The highest BCUT2D eigenvalue weighted by molar-refractivity contribution is 7.11. The number of unbranched alkanes of at least 4 members (excludes halogenated alkanes) is 1. The number of rotatable bonds is 4. The zero-order valence-electron chi connectivity index (χ0n) is 8.91. The molecule has 1 aromatic rings. The van der Waals surface area contributed by atoms with Crippen LogP contribution in [0.4, 0.5) is 0 Å². The maximum absolute atomic E-state index is 11.8. The lowest BCUT2D eigenvalue weighted by atomic mass is 10.3. The van der Waals surface area contributed by atoms with E-state index in [2.05, 4.69) is 11.9 Å². The quantitative estimate of drug-likeness (QED) is 0.767. The number of aromatic nitrogens is 1. The summed E-state index contributed by atoms with van der Waals surface area (Å²) in [6.45, 7) is 4.82. The molecule has 0 aliphatic carbocycles. The van der Waals surface area contributed by atoms with E-state index in [0.29, 0.717) is 0 Å². The smallest absolute Gasteiger partial charge is 0.265 e. The van der Waals surface area contributed by atoms with Gasteiger partial charge in [0.15, 0.2) is 0 Å². The Bertz CT molecular complexity index is 309. The third-order valence-corrected chi connectivity index (χ3v) is 3.05. The van der Waals surface area contributed by atoms with Crippen molar-refractivity contribution in [3.05, 3.63) is 16.1 Å². The zero-order valence-corrected chi connectivity index (χ0v) is 9.73. The Morgan fingerprint density at radius 3 is 2.86 bits per heavy atom. The molecule has 0 saturated carbocycles. The number of hydrogen-bond donors (Lipinski definition) is 0. The minimum Gasteiger partial charge on any atom is -0.341 e. The molecule has 0 aromatic carbocycles. The number of hydrogen-bond acceptors (Lipinski definition) is 3. The van der Waals surface area contributed by atoms with Crippen molar-refractivity contribution in [1.29, 1.82) is 0 Å². The SMILES string of the molecule is CCCCN(C)C(=O)c1scnc1C. The van der Waals surface area contributed by atoms with Gasteiger partial charge in [-0.05, 0) is 13.3 Å². The minimum atomic E-state index is 0.0958. The number of carbonyl (C=O) groups is 1. The Morgan fingerprint density at radius 2 is 2.36 bits per heavy atom. The number of nitrogens with zero attached hydrogens (tertiary/aromatic N) is 2. The van der Waals surface area contributed by atoms with E-state index in [1.807, 2.05) is 14.0 Å². The van der Waals surface area contributed by atoms with Crippen molar-refractivity contribution >= 4 is 17.2 Å². The largest absolute Gasteiger partial charge is 0.341 e. The molecule has 3 nitrogen and oxygen atoms in total. The first-order valence-corrected chi connectivity index (χ1v) is 5.70. The van der Waals surface area contributed by atoms with Crippen LogP contribution in [-0.2, 0) is 0 Å². The predicted octanol–water partition coefficient (Wildman–Crippen LogP) is 2.32. The fourth-order valence-electron chi connectivity index (χ4n) is 1.18. The first kappa shape index (κ1) is 11.2. The van der Waals surface area contributed by atoms with E-state index < -0.39 is 0 Å². The lowest BCUT2D eigenvalue weighted by Gasteiger charge is -2.15. The second-order valence-electron chi connectivity index (χ2n) is 3.35. The monoisotopic (exact) mass is 212 g/mol. The van der Waals surface area contributed by atoms with Gasteiger partial charge in [-0.3, -0.25) is 4.79 Å². The van der Waals surface area contributed by atoms with Gasteiger partial charge in [0.05, 0.1) is 11.2 Å². The van der Waals surface area contributed by atoms with Gasteiger partial charge < -0.3 is 4.90 Å². The normalized spacial score (nSPS) is 10.2. The minimum absolute atomic E-state index is 0.0958. The molecule has 1 heterocycles. The van der Waals surface area contributed by atoms with Gasteiger partial charge in [-0.25, -0.2) is 4.98 Å². The first-order chi connectivity index (χ1) is 6.66. The van der Waals surface area contributed by atoms with Crippen LogP contribution in [0, 0.1) is 6.92 Å². The molecule has 0 bridgehead atoms. The molecule has 78 valence electrons. The third-order valence-electron chi connectivity index (χ3n) is 2.13. The molecule has 0 saturated heterocycles. The molecule has 0 N–H and O–H groups in total. The summed E-state index contributed by atoms with van der Waals surface area (Å²) < 4.78 is 0. The van der Waals surface area contributed by atoms with E-state index in [9.17, 15) is 4.79 Å². The molecule has 0 aliphatic rings. The molecule has 0 atom stereocenters. The van der Waals surface area contributed by atoms with Crippen molar-refractivity contribution < 1.29 is 4.79 Å². The lowest BCUT2D eigenvalue weighted by Crippen LogP contribution is -2.27. The van der Waals surface area contributed by atoms with Crippen molar-refractivity contribution in [3.8, 4) is 0 Å². The Hall–Kier alpha value is -0.900. The summed E-state index contributed by atoms with van der Waals surface area (Å²) in [4.78, 5) is 18.4.